The number of halogens is 1. The largest absolute Gasteiger partial charge is 0.507 e. The van der Waals surface area contributed by atoms with Crippen LogP contribution in [0.2, 0.25) is 0 Å². The summed E-state index contributed by atoms with van der Waals surface area (Å²) in [6.07, 6.45) is 0. The average Bonchev–Trinajstić information content (AvgIpc) is 2.48. The van der Waals surface area contributed by atoms with Gasteiger partial charge in [0.15, 0.2) is 0 Å². The van der Waals surface area contributed by atoms with E-state index in [0.29, 0.717) is 0 Å². The molecule has 1 N–H and O–H groups in total. The predicted molar refractivity (Wildman–Crippen MR) is 60.3 cm³/mol. The first kappa shape index (κ1) is 11.6. The summed E-state index contributed by atoms with van der Waals surface area (Å²) in [5.74, 6) is 0.978. The molecule has 0 saturated carbocycles. The molecule has 15 heavy (non-hydrogen) atoms. The van der Waals surface area contributed by atoms with Crippen LogP contribution >= 0.6 is 12.4 Å². The molecule has 0 unspecified atom stereocenters. The Morgan fingerprint density at radius 1 is 1.20 bits per heavy atom. The number of aromatic nitrogens is 1. The van der Waals surface area contributed by atoms with Crippen molar-refractivity contribution in [2.75, 3.05) is 0 Å². The molecule has 0 atom stereocenters. The van der Waals surface area contributed by atoms with Crippen LogP contribution < -0.4 is 0 Å². The summed E-state index contributed by atoms with van der Waals surface area (Å²) in [5, 5.41) is 13.5. The summed E-state index contributed by atoms with van der Waals surface area (Å²) in [6, 6.07) is 7.17. The molecule has 2 rings (SSSR count). The van der Waals surface area contributed by atoms with Gasteiger partial charge in [0.2, 0.25) is 0 Å². The van der Waals surface area contributed by atoms with E-state index in [1.165, 1.54) is 0 Å². The maximum atomic E-state index is 9.66. The smallest absolute Gasteiger partial charge is 0.141 e. The van der Waals surface area contributed by atoms with Crippen molar-refractivity contribution in [1.29, 1.82) is 0 Å². The molecule has 0 radical (unpaired) electrons. The average molecular weight is 226 g/mol. The van der Waals surface area contributed by atoms with Crippen LogP contribution in [-0.2, 0) is 0 Å². The minimum absolute atomic E-state index is 0. The van der Waals surface area contributed by atoms with Crippen molar-refractivity contribution < 1.29 is 9.63 Å². The number of aromatic hydroxyl groups is 1. The third-order valence-electron chi connectivity index (χ3n) is 2.21. The molecule has 0 saturated heterocycles. The molecule has 0 spiro atoms. The Labute approximate surface area is 94.1 Å². The number of benzene rings is 1. The van der Waals surface area contributed by atoms with Crippen LogP contribution in [-0.4, -0.2) is 10.3 Å². The van der Waals surface area contributed by atoms with Crippen molar-refractivity contribution in [3.63, 3.8) is 0 Å². The Balaban J connectivity index is 0.00000112. The molecule has 0 fully saturated rings. The predicted octanol–water partition coefficient (Wildman–Crippen LogP) is 3.09. The minimum Gasteiger partial charge on any atom is -0.507 e. The second-order valence-corrected chi connectivity index (χ2v) is 3.22. The van der Waals surface area contributed by atoms with Crippen LogP contribution in [0.5, 0.6) is 5.75 Å². The van der Waals surface area contributed by atoms with Gasteiger partial charge in [-0.05, 0) is 19.9 Å². The van der Waals surface area contributed by atoms with E-state index < -0.39 is 0 Å². The van der Waals surface area contributed by atoms with Gasteiger partial charge in [-0.1, -0.05) is 23.4 Å². The van der Waals surface area contributed by atoms with Crippen molar-refractivity contribution in [2.24, 2.45) is 0 Å². The Hall–Kier alpha value is -1.48. The van der Waals surface area contributed by atoms with Gasteiger partial charge in [0.05, 0.1) is 11.3 Å². The molecule has 1 aromatic heterocycles. The zero-order chi connectivity index (χ0) is 10.1. The summed E-state index contributed by atoms with van der Waals surface area (Å²) in [6.45, 7) is 3.69. The highest BCUT2D eigenvalue weighted by molar-refractivity contribution is 5.85. The summed E-state index contributed by atoms with van der Waals surface area (Å²) >= 11 is 0. The maximum absolute atomic E-state index is 9.66. The van der Waals surface area contributed by atoms with E-state index in [2.05, 4.69) is 5.16 Å². The SMILES string of the molecule is Cc1noc(C)c1-c1ccccc1O.Cl. The first-order valence-electron chi connectivity index (χ1n) is 4.41. The second-order valence-electron chi connectivity index (χ2n) is 3.22. The lowest BCUT2D eigenvalue weighted by Crippen LogP contribution is -1.82. The summed E-state index contributed by atoms with van der Waals surface area (Å²) in [5.41, 5.74) is 2.44. The lowest BCUT2D eigenvalue weighted by atomic mass is 10.0. The van der Waals surface area contributed by atoms with Crippen LogP contribution in [0.4, 0.5) is 0 Å². The zero-order valence-electron chi connectivity index (χ0n) is 8.52. The monoisotopic (exact) mass is 225 g/mol. The molecular formula is C11H12ClNO2. The third kappa shape index (κ3) is 1.97. The Morgan fingerprint density at radius 2 is 1.87 bits per heavy atom. The number of hydrogen-bond donors (Lipinski definition) is 1. The van der Waals surface area contributed by atoms with Crippen molar-refractivity contribution >= 4 is 12.4 Å². The number of rotatable bonds is 1. The van der Waals surface area contributed by atoms with Crippen molar-refractivity contribution in [3.8, 4) is 16.9 Å². The van der Waals surface area contributed by atoms with E-state index in [9.17, 15) is 5.11 Å². The number of phenolic OH excluding ortho intramolecular Hbond substituents is 1. The van der Waals surface area contributed by atoms with Crippen molar-refractivity contribution in [3.05, 3.63) is 35.7 Å². The van der Waals surface area contributed by atoms with E-state index in [1.807, 2.05) is 26.0 Å². The van der Waals surface area contributed by atoms with E-state index in [1.54, 1.807) is 12.1 Å². The minimum atomic E-state index is 0. The van der Waals surface area contributed by atoms with Crippen LogP contribution in [0.3, 0.4) is 0 Å². The summed E-state index contributed by atoms with van der Waals surface area (Å²) in [4.78, 5) is 0. The molecule has 80 valence electrons. The maximum Gasteiger partial charge on any atom is 0.141 e. The van der Waals surface area contributed by atoms with E-state index in [4.69, 9.17) is 4.52 Å². The van der Waals surface area contributed by atoms with E-state index >= 15 is 0 Å². The second kappa shape index (κ2) is 4.36. The molecule has 1 heterocycles. The highest BCUT2D eigenvalue weighted by atomic mass is 35.5. The number of phenols is 1. The first-order chi connectivity index (χ1) is 6.70. The zero-order valence-corrected chi connectivity index (χ0v) is 9.34. The Bertz CT molecular complexity index is 446. The fourth-order valence-electron chi connectivity index (χ4n) is 1.55. The van der Waals surface area contributed by atoms with Crippen molar-refractivity contribution in [1.82, 2.24) is 5.16 Å². The van der Waals surface area contributed by atoms with Crippen LogP contribution in [0, 0.1) is 13.8 Å². The molecule has 1 aromatic carbocycles. The van der Waals surface area contributed by atoms with E-state index in [0.717, 1.165) is 22.6 Å². The van der Waals surface area contributed by atoms with Gasteiger partial charge >= 0.3 is 0 Å². The summed E-state index contributed by atoms with van der Waals surface area (Å²) < 4.78 is 5.04. The van der Waals surface area contributed by atoms with Crippen LogP contribution in [0.15, 0.2) is 28.8 Å². The van der Waals surface area contributed by atoms with Gasteiger partial charge < -0.3 is 9.63 Å². The van der Waals surface area contributed by atoms with Gasteiger partial charge in [0, 0.05) is 5.56 Å². The number of nitrogens with zero attached hydrogens (tertiary/aromatic N) is 1. The van der Waals surface area contributed by atoms with Gasteiger partial charge in [-0.25, -0.2) is 0 Å². The molecule has 0 aliphatic heterocycles. The standard InChI is InChI=1S/C11H11NO2.ClH/c1-7-11(8(2)14-12-7)9-5-3-4-6-10(9)13;/h3-6,13H,1-2H3;1H. The van der Waals surface area contributed by atoms with E-state index in [-0.39, 0.29) is 18.2 Å². The highest BCUT2D eigenvalue weighted by Crippen LogP contribution is 2.33. The number of aryl methyl sites for hydroxylation is 2. The molecule has 0 aliphatic carbocycles. The molecule has 0 bridgehead atoms. The van der Waals surface area contributed by atoms with Crippen LogP contribution in [0.1, 0.15) is 11.5 Å². The lowest BCUT2D eigenvalue weighted by Gasteiger charge is -2.02. The van der Waals surface area contributed by atoms with Crippen LogP contribution in [0.25, 0.3) is 11.1 Å². The lowest BCUT2D eigenvalue weighted by molar-refractivity contribution is 0.393. The molecule has 0 amide bonds. The fourth-order valence-corrected chi connectivity index (χ4v) is 1.55. The number of hydrogen-bond acceptors (Lipinski definition) is 3. The molecule has 2 aromatic rings. The highest BCUT2D eigenvalue weighted by Gasteiger charge is 2.13. The normalized spacial score (nSPS) is 9.73. The van der Waals surface area contributed by atoms with Gasteiger partial charge in [0.1, 0.15) is 11.5 Å². The summed E-state index contributed by atoms with van der Waals surface area (Å²) in [7, 11) is 0. The molecule has 4 heteroatoms. The molecule has 3 nitrogen and oxygen atoms in total. The topological polar surface area (TPSA) is 46.3 Å². The van der Waals surface area contributed by atoms with Crippen molar-refractivity contribution in [2.45, 2.75) is 13.8 Å². The third-order valence-corrected chi connectivity index (χ3v) is 2.21. The van der Waals surface area contributed by atoms with Gasteiger partial charge in [-0.15, -0.1) is 12.4 Å². The first-order valence-corrected chi connectivity index (χ1v) is 4.41. The van der Waals surface area contributed by atoms with Gasteiger partial charge in [-0.2, -0.15) is 0 Å². The Morgan fingerprint density at radius 3 is 2.40 bits per heavy atom. The molecule has 0 aliphatic rings. The number of para-hydroxylation sites is 1. The quantitative estimate of drug-likeness (QED) is 0.811. The Kier molecular flexibility index (Phi) is 3.37. The van der Waals surface area contributed by atoms with Gasteiger partial charge in [0.25, 0.3) is 0 Å². The molecular weight excluding hydrogens is 214 g/mol. The van der Waals surface area contributed by atoms with Gasteiger partial charge in [-0.3, -0.25) is 0 Å². The fraction of sp³-hybridized carbons (Fsp3) is 0.182.